The second-order valence-corrected chi connectivity index (χ2v) is 7.68. The Balaban J connectivity index is 1.84. The number of hydrogen-bond acceptors (Lipinski definition) is 1. The highest BCUT2D eigenvalue weighted by atomic mass is 79.9. The standard InChI is InChI=1S/C23H17BrClN/c24-20-8-4-7-18(13-20)19-14-22(16-5-2-1-3-6-16)26-23(15-19)17-9-11-21(25)12-10-17/h1-9,11-15,17H,10H2. The number of hydrogen-bond donors (Lipinski definition) is 0. The number of rotatable bonds is 3. The molecular weight excluding hydrogens is 406 g/mol. The number of halogens is 2. The maximum Gasteiger partial charge on any atom is 0.0711 e. The van der Waals surface area contributed by atoms with Gasteiger partial charge in [0.05, 0.1) is 5.69 Å². The summed E-state index contributed by atoms with van der Waals surface area (Å²) >= 11 is 9.67. The lowest BCUT2D eigenvalue weighted by atomic mass is 9.93. The van der Waals surface area contributed by atoms with Gasteiger partial charge < -0.3 is 0 Å². The molecule has 1 unspecified atom stereocenters. The quantitative estimate of drug-likeness (QED) is 0.430. The molecule has 1 aliphatic carbocycles. The van der Waals surface area contributed by atoms with Crippen LogP contribution in [0.15, 0.2) is 94.5 Å². The normalized spacial score (nSPS) is 16.4. The summed E-state index contributed by atoms with van der Waals surface area (Å²) in [5, 5.41) is 0.799. The van der Waals surface area contributed by atoms with Gasteiger partial charge in [-0.25, -0.2) is 0 Å². The molecule has 1 heterocycles. The van der Waals surface area contributed by atoms with Crippen molar-refractivity contribution < 1.29 is 0 Å². The molecule has 0 radical (unpaired) electrons. The lowest BCUT2D eigenvalue weighted by molar-refractivity contribution is 0.816. The summed E-state index contributed by atoms with van der Waals surface area (Å²) in [7, 11) is 0. The van der Waals surface area contributed by atoms with E-state index in [0.717, 1.165) is 32.9 Å². The average molecular weight is 423 g/mol. The Morgan fingerprint density at radius 2 is 1.69 bits per heavy atom. The second-order valence-electron chi connectivity index (χ2n) is 6.33. The smallest absolute Gasteiger partial charge is 0.0711 e. The molecule has 4 rings (SSSR count). The Morgan fingerprint density at radius 1 is 0.885 bits per heavy atom. The predicted molar refractivity (Wildman–Crippen MR) is 113 cm³/mol. The Morgan fingerprint density at radius 3 is 2.42 bits per heavy atom. The molecule has 128 valence electrons. The fourth-order valence-corrected chi connectivity index (χ4v) is 3.71. The van der Waals surface area contributed by atoms with E-state index in [4.69, 9.17) is 16.6 Å². The maximum absolute atomic E-state index is 6.09. The predicted octanol–water partition coefficient (Wildman–Crippen LogP) is 7.34. The number of pyridine rings is 1. The number of nitrogens with zero attached hydrogens (tertiary/aromatic N) is 1. The third kappa shape index (κ3) is 3.82. The molecule has 0 amide bonds. The van der Waals surface area contributed by atoms with E-state index in [1.54, 1.807) is 0 Å². The van der Waals surface area contributed by atoms with Crippen molar-refractivity contribution in [3.05, 3.63) is 100 Å². The molecule has 0 fully saturated rings. The van der Waals surface area contributed by atoms with E-state index < -0.39 is 0 Å². The fraction of sp³-hybridized carbons (Fsp3) is 0.0870. The monoisotopic (exact) mass is 421 g/mol. The average Bonchev–Trinajstić information content (AvgIpc) is 2.69. The van der Waals surface area contributed by atoms with E-state index in [2.05, 4.69) is 70.5 Å². The van der Waals surface area contributed by atoms with Gasteiger partial charge in [0, 0.05) is 26.7 Å². The molecular formula is C23H17BrClN. The summed E-state index contributed by atoms with van der Waals surface area (Å²) in [6.07, 6.45) is 7.04. The van der Waals surface area contributed by atoms with Gasteiger partial charge in [0.25, 0.3) is 0 Å². The Bertz CT molecular complexity index is 992. The van der Waals surface area contributed by atoms with E-state index in [-0.39, 0.29) is 5.92 Å². The van der Waals surface area contributed by atoms with Crippen LogP contribution in [0.1, 0.15) is 18.0 Å². The summed E-state index contributed by atoms with van der Waals surface area (Å²) in [6.45, 7) is 0. The van der Waals surface area contributed by atoms with Gasteiger partial charge in [0.2, 0.25) is 0 Å². The van der Waals surface area contributed by atoms with Crippen molar-refractivity contribution in [2.45, 2.75) is 12.3 Å². The minimum atomic E-state index is 0.243. The highest BCUT2D eigenvalue weighted by molar-refractivity contribution is 9.10. The number of aromatic nitrogens is 1. The van der Waals surface area contributed by atoms with Crippen molar-refractivity contribution in [1.82, 2.24) is 4.98 Å². The van der Waals surface area contributed by atoms with E-state index >= 15 is 0 Å². The third-order valence-corrected chi connectivity index (χ3v) is 5.28. The van der Waals surface area contributed by atoms with Crippen molar-refractivity contribution >= 4 is 27.5 Å². The van der Waals surface area contributed by atoms with Gasteiger partial charge in [-0.05, 0) is 47.9 Å². The summed E-state index contributed by atoms with van der Waals surface area (Å²) < 4.78 is 1.07. The number of allylic oxidation sites excluding steroid dienone is 4. The van der Waals surface area contributed by atoms with Crippen LogP contribution in [-0.2, 0) is 0 Å². The van der Waals surface area contributed by atoms with E-state index in [1.165, 1.54) is 11.1 Å². The van der Waals surface area contributed by atoms with Gasteiger partial charge in [-0.3, -0.25) is 4.98 Å². The first-order valence-electron chi connectivity index (χ1n) is 8.56. The molecule has 3 heteroatoms. The van der Waals surface area contributed by atoms with Crippen LogP contribution in [0, 0.1) is 0 Å². The zero-order chi connectivity index (χ0) is 17.9. The van der Waals surface area contributed by atoms with Crippen LogP contribution in [0.25, 0.3) is 22.4 Å². The summed E-state index contributed by atoms with van der Waals surface area (Å²) in [6, 6.07) is 23.1. The van der Waals surface area contributed by atoms with E-state index in [9.17, 15) is 0 Å². The first-order chi connectivity index (χ1) is 12.7. The molecule has 1 nitrogen and oxygen atoms in total. The van der Waals surface area contributed by atoms with Gasteiger partial charge in [0.1, 0.15) is 0 Å². The molecule has 0 bridgehead atoms. The molecule has 0 spiro atoms. The van der Waals surface area contributed by atoms with Crippen LogP contribution < -0.4 is 0 Å². The minimum Gasteiger partial charge on any atom is -0.252 e. The van der Waals surface area contributed by atoms with E-state index in [1.807, 2.05) is 30.3 Å². The van der Waals surface area contributed by atoms with Crippen LogP contribution in [0.4, 0.5) is 0 Å². The van der Waals surface area contributed by atoms with Crippen molar-refractivity contribution in [2.24, 2.45) is 0 Å². The molecule has 0 saturated heterocycles. The first kappa shape index (κ1) is 17.3. The molecule has 2 aromatic carbocycles. The molecule has 1 aromatic heterocycles. The fourth-order valence-electron chi connectivity index (χ4n) is 3.15. The van der Waals surface area contributed by atoms with Crippen LogP contribution >= 0.6 is 27.5 Å². The van der Waals surface area contributed by atoms with Gasteiger partial charge in [-0.2, -0.15) is 0 Å². The molecule has 0 aliphatic heterocycles. The van der Waals surface area contributed by atoms with Crippen LogP contribution in [0.5, 0.6) is 0 Å². The zero-order valence-electron chi connectivity index (χ0n) is 14.1. The maximum atomic E-state index is 6.09. The molecule has 26 heavy (non-hydrogen) atoms. The highest BCUT2D eigenvalue weighted by Crippen LogP contribution is 2.33. The van der Waals surface area contributed by atoms with Gasteiger partial charge in [0.15, 0.2) is 0 Å². The molecule has 1 aliphatic rings. The van der Waals surface area contributed by atoms with Gasteiger partial charge in [-0.1, -0.05) is 82.1 Å². The summed E-state index contributed by atoms with van der Waals surface area (Å²) in [4.78, 5) is 4.96. The van der Waals surface area contributed by atoms with Crippen molar-refractivity contribution in [1.29, 1.82) is 0 Å². The molecule has 0 N–H and O–H groups in total. The second kappa shape index (κ2) is 7.61. The molecule has 0 saturated carbocycles. The van der Waals surface area contributed by atoms with Crippen molar-refractivity contribution in [2.75, 3.05) is 0 Å². The minimum absolute atomic E-state index is 0.243. The van der Waals surface area contributed by atoms with Gasteiger partial charge >= 0.3 is 0 Å². The largest absolute Gasteiger partial charge is 0.252 e. The van der Waals surface area contributed by atoms with E-state index in [0.29, 0.717) is 0 Å². The third-order valence-electron chi connectivity index (χ3n) is 4.51. The molecule has 1 atom stereocenters. The molecule has 3 aromatic rings. The lowest BCUT2D eigenvalue weighted by Crippen LogP contribution is -2.02. The van der Waals surface area contributed by atoms with Crippen molar-refractivity contribution in [3.63, 3.8) is 0 Å². The topological polar surface area (TPSA) is 12.9 Å². The highest BCUT2D eigenvalue weighted by Gasteiger charge is 2.15. The lowest BCUT2D eigenvalue weighted by Gasteiger charge is -2.17. The first-order valence-corrected chi connectivity index (χ1v) is 9.73. The van der Waals surface area contributed by atoms with Gasteiger partial charge in [-0.15, -0.1) is 0 Å². The summed E-state index contributed by atoms with van der Waals surface area (Å²) in [5.41, 5.74) is 5.53. The Labute approximate surface area is 167 Å². The van der Waals surface area contributed by atoms with Crippen molar-refractivity contribution in [3.8, 4) is 22.4 Å². The van der Waals surface area contributed by atoms with Crippen LogP contribution in [0.3, 0.4) is 0 Å². The summed E-state index contributed by atoms with van der Waals surface area (Å²) in [5.74, 6) is 0.243. The zero-order valence-corrected chi connectivity index (χ0v) is 16.4. The van der Waals surface area contributed by atoms with Crippen LogP contribution in [0.2, 0.25) is 0 Å². The van der Waals surface area contributed by atoms with Crippen LogP contribution in [-0.4, -0.2) is 4.98 Å². The number of benzene rings is 2. The Hall–Kier alpha value is -2.16. The SMILES string of the molecule is ClC1=CCC(c2cc(-c3cccc(Br)c3)cc(-c3ccccc3)n2)C=C1. The Kier molecular flexibility index (Phi) is 5.05.